The second kappa shape index (κ2) is 6.01. The van der Waals surface area contributed by atoms with Gasteiger partial charge in [-0.15, -0.1) is 0 Å². The highest BCUT2D eigenvalue weighted by atomic mass is 16.4. The predicted octanol–water partition coefficient (Wildman–Crippen LogP) is 1.76. The van der Waals surface area contributed by atoms with Crippen LogP contribution in [-0.4, -0.2) is 33.4 Å². The number of Topliss-reactive ketones (excluding diaryl/α,β-unsaturated/α-hetero) is 1. The lowest BCUT2D eigenvalue weighted by atomic mass is 9.80. The average molecular weight is 304 g/mol. The molecule has 1 aromatic carbocycles. The summed E-state index contributed by atoms with van der Waals surface area (Å²) in [5, 5.41) is 28.6. The van der Waals surface area contributed by atoms with Crippen LogP contribution in [0.5, 0.6) is 11.5 Å². The SMILES string of the molecule is C=C(C=O)[C@H]1CC[C@@H](C(=O)O)[C@@H]1C(=O)c1cc(O)ccc1O. The van der Waals surface area contributed by atoms with Gasteiger partial charge in [0.15, 0.2) is 5.78 Å². The Morgan fingerprint density at radius 1 is 1.18 bits per heavy atom. The third kappa shape index (κ3) is 2.72. The van der Waals surface area contributed by atoms with E-state index in [1.54, 1.807) is 0 Å². The molecule has 1 aliphatic carbocycles. The highest BCUT2D eigenvalue weighted by molar-refractivity contribution is 6.03. The minimum Gasteiger partial charge on any atom is -0.508 e. The molecular weight excluding hydrogens is 288 g/mol. The molecule has 1 saturated carbocycles. The maximum absolute atomic E-state index is 12.7. The fourth-order valence-electron chi connectivity index (χ4n) is 3.05. The Balaban J connectivity index is 2.45. The third-order valence-corrected chi connectivity index (χ3v) is 4.15. The molecule has 1 aromatic rings. The summed E-state index contributed by atoms with van der Waals surface area (Å²) >= 11 is 0. The van der Waals surface area contributed by atoms with Crippen LogP contribution in [0.3, 0.4) is 0 Å². The predicted molar refractivity (Wildman–Crippen MR) is 76.6 cm³/mol. The van der Waals surface area contributed by atoms with Gasteiger partial charge in [0.1, 0.15) is 17.8 Å². The summed E-state index contributed by atoms with van der Waals surface area (Å²) in [5.74, 6) is -4.79. The molecule has 0 unspecified atom stereocenters. The Bertz CT molecular complexity index is 648. The first-order chi connectivity index (χ1) is 10.4. The van der Waals surface area contributed by atoms with Gasteiger partial charge in [-0.25, -0.2) is 0 Å². The van der Waals surface area contributed by atoms with Gasteiger partial charge in [-0.2, -0.15) is 0 Å². The largest absolute Gasteiger partial charge is 0.508 e. The van der Waals surface area contributed by atoms with E-state index in [2.05, 4.69) is 6.58 Å². The Hall–Kier alpha value is -2.63. The van der Waals surface area contributed by atoms with Gasteiger partial charge in [-0.3, -0.25) is 14.4 Å². The van der Waals surface area contributed by atoms with Crippen LogP contribution in [0.25, 0.3) is 0 Å². The van der Waals surface area contributed by atoms with Gasteiger partial charge in [-0.05, 0) is 42.5 Å². The molecule has 0 spiro atoms. The van der Waals surface area contributed by atoms with Crippen LogP contribution < -0.4 is 0 Å². The molecule has 0 aliphatic heterocycles. The number of aldehydes is 1. The highest BCUT2D eigenvalue weighted by Gasteiger charge is 2.46. The smallest absolute Gasteiger partial charge is 0.307 e. The fourth-order valence-corrected chi connectivity index (χ4v) is 3.05. The summed E-state index contributed by atoms with van der Waals surface area (Å²) in [4.78, 5) is 35.0. The van der Waals surface area contributed by atoms with E-state index in [0.717, 1.165) is 12.1 Å². The van der Waals surface area contributed by atoms with E-state index in [-0.39, 0.29) is 29.1 Å². The number of allylic oxidation sites excluding steroid dienone is 1. The number of hydrogen-bond acceptors (Lipinski definition) is 5. The van der Waals surface area contributed by atoms with Gasteiger partial charge in [0.2, 0.25) is 0 Å². The lowest BCUT2D eigenvalue weighted by molar-refractivity contribution is -0.142. The summed E-state index contributed by atoms with van der Waals surface area (Å²) in [5.41, 5.74) is 0.0172. The van der Waals surface area contributed by atoms with E-state index in [1.807, 2.05) is 0 Å². The number of carbonyl (C=O) groups excluding carboxylic acids is 2. The molecule has 0 saturated heterocycles. The van der Waals surface area contributed by atoms with Crippen molar-refractivity contribution < 1.29 is 29.7 Å². The van der Waals surface area contributed by atoms with E-state index >= 15 is 0 Å². The lowest BCUT2D eigenvalue weighted by Gasteiger charge is -2.21. The van der Waals surface area contributed by atoms with Gasteiger partial charge in [-0.1, -0.05) is 6.58 Å². The Morgan fingerprint density at radius 3 is 2.41 bits per heavy atom. The lowest BCUT2D eigenvalue weighted by Crippen LogP contribution is -2.30. The number of phenolic OH excluding ortho intramolecular Hbond substituents is 2. The van der Waals surface area contributed by atoms with Crippen LogP contribution in [0.15, 0.2) is 30.4 Å². The molecule has 0 bridgehead atoms. The van der Waals surface area contributed by atoms with Crippen molar-refractivity contribution in [3.05, 3.63) is 35.9 Å². The minimum absolute atomic E-state index is 0.151. The van der Waals surface area contributed by atoms with Crippen molar-refractivity contribution in [2.75, 3.05) is 0 Å². The van der Waals surface area contributed by atoms with E-state index in [9.17, 15) is 29.7 Å². The molecule has 6 heteroatoms. The van der Waals surface area contributed by atoms with Gasteiger partial charge in [0, 0.05) is 5.92 Å². The van der Waals surface area contributed by atoms with Crippen LogP contribution in [-0.2, 0) is 9.59 Å². The first kappa shape index (κ1) is 15.8. The van der Waals surface area contributed by atoms with Crippen molar-refractivity contribution in [2.24, 2.45) is 17.8 Å². The van der Waals surface area contributed by atoms with Gasteiger partial charge in [0.25, 0.3) is 0 Å². The molecule has 116 valence electrons. The first-order valence-electron chi connectivity index (χ1n) is 6.79. The number of carboxylic acid groups (broad SMARTS) is 1. The zero-order valence-corrected chi connectivity index (χ0v) is 11.7. The van der Waals surface area contributed by atoms with Crippen molar-refractivity contribution >= 4 is 18.0 Å². The number of aliphatic carboxylic acids is 1. The second-order valence-corrected chi connectivity index (χ2v) is 5.41. The van der Waals surface area contributed by atoms with E-state index < -0.39 is 29.5 Å². The zero-order valence-electron chi connectivity index (χ0n) is 11.7. The molecule has 6 nitrogen and oxygen atoms in total. The van der Waals surface area contributed by atoms with Crippen LogP contribution in [0, 0.1) is 17.8 Å². The summed E-state index contributed by atoms with van der Waals surface area (Å²) in [6.07, 6.45) is 1.14. The normalized spacial score (nSPS) is 23.9. The topological polar surface area (TPSA) is 112 Å². The number of ketones is 1. The molecule has 0 radical (unpaired) electrons. The van der Waals surface area contributed by atoms with Gasteiger partial charge in [0.05, 0.1) is 11.5 Å². The number of hydrogen-bond donors (Lipinski definition) is 3. The summed E-state index contributed by atoms with van der Waals surface area (Å²) in [6.45, 7) is 3.59. The summed E-state index contributed by atoms with van der Waals surface area (Å²) < 4.78 is 0. The van der Waals surface area contributed by atoms with E-state index in [1.165, 1.54) is 6.07 Å². The summed E-state index contributed by atoms with van der Waals surface area (Å²) in [6, 6.07) is 3.48. The van der Waals surface area contributed by atoms with Crippen LogP contribution in [0.1, 0.15) is 23.2 Å². The van der Waals surface area contributed by atoms with Gasteiger partial charge >= 0.3 is 5.97 Å². The number of aromatic hydroxyl groups is 2. The Labute approximate surface area is 126 Å². The molecule has 0 amide bonds. The standard InChI is InChI=1S/C16H16O6/c1-8(7-17)10-3-4-11(16(21)22)14(10)15(20)12-6-9(18)2-5-13(12)19/h2,5-7,10-11,14,18-19H,1,3-4H2,(H,21,22)/t10-,11-,14-/m1/s1. The molecule has 3 N–H and O–H groups in total. The quantitative estimate of drug-likeness (QED) is 0.331. The number of carboxylic acids is 1. The van der Waals surface area contributed by atoms with E-state index in [0.29, 0.717) is 12.7 Å². The van der Waals surface area contributed by atoms with Crippen LogP contribution >= 0.6 is 0 Å². The molecule has 3 atom stereocenters. The Morgan fingerprint density at radius 2 is 1.82 bits per heavy atom. The number of phenols is 2. The maximum Gasteiger partial charge on any atom is 0.307 e. The molecule has 1 fully saturated rings. The highest BCUT2D eigenvalue weighted by Crippen LogP contribution is 2.43. The van der Waals surface area contributed by atoms with Crippen LogP contribution in [0.4, 0.5) is 0 Å². The van der Waals surface area contributed by atoms with Crippen molar-refractivity contribution in [3.63, 3.8) is 0 Å². The summed E-state index contributed by atoms with van der Waals surface area (Å²) in [7, 11) is 0. The maximum atomic E-state index is 12.7. The second-order valence-electron chi connectivity index (χ2n) is 5.41. The minimum atomic E-state index is -1.13. The molecule has 0 heterocycles. The Kier molecular flexibility index (Phi) is 4.30. The molecular formula is C16H16O6. The van der Waals surface area contributed by atoms with Crippen molar-refractivity contribution in [3.8, 4) is 11.5 Å². The number of carbonyl (C=O) groups is 3. The van der Waals surface area contributed by atoms with Crippen molar-refractivity contribution in [2.45, 2.75) is 12.8 Å². The molecule has 1 aliphatic rings. The van der Waals surface area contributed by atoms with Crippen molar-refractivity contribution in [1.82, 2.24) is 0 Å². The number of benzene rings is 1. The average Bonchev–Trinajstić information content (AvgIpc) is 2.93. The first-order valence-corrected chi connectivity index (χ1v) is 6.79. The molecule has 2 rings (SSSR count). The zero-order chi connectivity index (χ0) is 16.4. The number of rotatable bonds is 5. The van der Waals surface area contributed by atoms with E-state index in [4.69, 9.17) is 0 Å². The molecule has 22 heavy (non-hydrogen) atoms. The van der Waals surface area contributed by atoms with Gasteiger partial charge < -0.3 is 15.3 Å². The molecule has 0 aromatic heterocycles. The monoisotopic (exact) mass is 304 g/mol. The fraction of sp³-hybridized carbons (Fsp3) is 0.312. The van der Waals surface area contributed by atoms with Crippen molar-refractivity contribution in [1.29, 1.82) is 0 Å². The third-order valence-electron chi connectivity index (χ3n) is 4.15. The van der Waals surface area contributed by atoms with Crippen LogP contribution in [0.2, 0.25) is 0 Å².